The van der Waals surface area contributed by atoms with Crippen molar-refractivity contribution in [3.8, 4) is 0 Å². The first-order valence-electron chi connectivity index (χ1n) is 7.13. The van der Waals surface area contributed by atoms with Crippen molar-refractivity contribution in [1.82, 2.24) is 10.3 Å². The first-order chi connectivity index (χ1) is 9.27. The van der Waals surface area contributed by atoms with Gasteiger partial charge in [0.05, 0.1) is 5.69 Å². The standard InChI is InChI=1S/C15H21N3O/c1-17-15(19)9-11-18(17)14-8-3-2-6-12(14)13-7-4-5-10-16-13/h2-3,6,8,13,16H,4-5,7,9-11H2,1H3. The normalized spacial score (nSPS) is 24.1. The molecular formula is C15H21N3O. The van der Waals surface area contributed by atoms with Crippen LogP contribution in [0.3, 0.4) is 0 Å². The predicted molar refractivity (Wildman–Crippen MR) is 75.8 cm³/mol. The van der Waals surface area contributed by atoms with Crippen LogP contribution in [0.25, 0.3) is 0 Å². The van der Waals surface area contributed by atoms with Crippen LogP contribution in [-0.2, 0) is 4.79 Å². The maximum atomic E-state index is 11.7. The molecule has 0 spiro atoms. The second-order valence-corrected chi connectivity index (χ2v) is 5.35. The SMILES string of the molecule is CN1C(=O)CCN1c1ccccc1C1CCCCN1. The van der Waals surface area contributed by atoms with Crippen LogP contribution in [0, 0.1) is 0 Å². The Balaban J connectivity index is 1.90. The summed E-state index contributed by atoms with van der Waals surface area (Å²) < 4.78 is 0. The summed E-state index contributed by atoms with van der Waals surface area (Å²) in [6.45, 7) is 1.88. The van der Waals surface area contributed by atoms with E-state index in [1.165, 1.54) is 30.5 Å². The molecule has 3 rings (SSSR count). The zero-order valence-corrected chi connectivity index (χ0v) is 11.4. The van der Waals surface area contributed by atoms with Gasteiger partial charge in [-0.2, -0.15) is 0 Å². The van der Waals surface area contributed by atoms with Crippen LogP contribution in [0.5, 0.6) is 0 Å². The number of anilines is 1. The van der Waals surface area contributed by atoms with Gasteiger partial charge in [0, 0.05) is 26.1 Å². The number of benzene rings is 1. The number of hydrazine groups is 1. The van der Waals surface area contributed by atoms with Crippen molar-refractivity contribution in [2.75, 3.05) is 25.1 Å². The van der Waals surface area contributed by atoms with E-state index in [4.69, 9.17) is 0 Å². The van der Waals surface area contributed by atoms with Gasteiger partial charge < -0.3 is 5.32 Å². The Bertz CT molecular complexity index is 468. The van der Waals surface area contributed by atoms with E-state index in [1.807, 2.05) is 7.05 Å². The Hall–Kier alpha value is -1.55. The molecule has 4 nitrogen and oxygen atoms in total. The fraction of sp³-hybridized carbons (Fsp3) is 0.533. The van der Waals surface area contributed by atoms with Gasteiger partial charge in [0.1, 0.15) is 0 Å². The summed E-state index contributed by atoms with van der Waals surface area (Å²) in [5, 5.41) is 7.45. The smallest absolute Gasteiger partial charge is 0.242 e. The number of hydrogen-bond acceptors (Lipinski definition) is 3. The fourth-order valence-electron chi connectivity index (χ4n) is 3.06. The Morgan fingerprint density at radius 3 is 2.79 bits per heavy atom. The van der Waals surface area contributed by atoms with Gasteiger partial charge in [-0.1, -0.05) is 24.6 Å². The predicted octanol–water partition coefficient (Wildman–Crippen LogP) is 2.08. The van der Waals surface area contributed by atoms with Gasteiger partial charge >= 0.3 is 0 Å². The van der Waals surface area contributed by atoms with Crippen LogP contribution in [0.1, 0.15) is 37.3 Å². The van der Waals surface area contributed by atoms with Crippen molar-refractivity contribution < 1.29 is 4.79 Å². The number of piperidine rings is 1. The lowest BCUT2D eigenvalue weighted by atomic mass is 9.96. The molecule has 2 aliphatic rings. The van der Waals surface area contributed by atoms with Gasteiger partial charge in [-0.25, -0.2) is 0 Å². The lowest BCUT2D eigenvalue weighted by Gasteiger charge is -2.32. The van der Waals surface area contributed by atoms with Crippen LogP contribution in [0.2, 0.25) is 0 Å². The van der Waals surface area contributed by atoms with E-state index in [0.717, 1.165) is 13.1 Å². The van der Waals surface area contributed by atoms with Gasteiger partial charge in [-0.05, 0) is 31.0 Å². The quantitative estimate of drug-likeness (QED) is 0.883. The highest BCUT2D eigenvalue weighted by atomic mass is 16.2. The number of rotatable bonds is 2. The molecule has 0 bridgehead atoms. The van der Waals surface area contributed by atoms with Crippen LogP contribution >= 0.6 is 0 Å². The molecule has 1 N–H and O–H groups in total. The highest BCUT2D eigenvalue weighted by Crippen LogP contribution is 2.33. The molecule has 0 saturated carbocycles. The van der Waals surface area contributed by atoms with E-state index in [9.17, 15) is 4.79 Å². The molecule has 102 valence electrons. The molecule has 0 radical (unpaired) electrons. The Morgan fingerprint density at radius 2 is 2.11 bits per heavy atom. The molecule has 1 unspecified atom stereocenters. The number of hydrogen-bond donors (Lipinski definition) is 1. The molecule has 1 amide bonds. The first kappa shape index (κ1) is 12.5. The monoisotopic (exact) mass is 259 g/mol. The number of carbonyl (C=O) groups excluding carboxylic acids is 1. The number of para-hydroxylation sites is 1. The van der Waals surface area contributed by atoms with Crippen LogP contribution in [-0.4, -0.2) is 31.1 Å². The van der Waals surface area contributed by atoms with E-state index in [0.29, 0.717) is 12.5 Å². The van der Waals surface area contributed by atoms with Crippen molar-refractivity contribution in [3.05, 3.63) is 29.8 Å². The van der Waals surface area contributed by atoms with Gasteiger partial charge in [0.2, 0.25) is 5.91 Å². The van der Waals surface area contributed by atoms with Crippen molar-refractivity contribution in [1.29, 1.82) is 0 Å². The molecule has 2 fully saturated rings. The third kappa shape index (κ3) is 2.32. The van der Waals surface area contributed by atoms with E-state index in [1.54, 1.807) is 5.01 Å². The maximum absolute atomic E-state index is 11.7. The lowest BCUT2D eigenvalue weighted by Crippen LogP contribution is -2.37. The first-order valence-corrected chi connectivity index (χ1v) is 7.13. The van der Waals surface area contributed by atoms with E-state index < -0.39 is 0 Å². The summed E-state index contributed by atoms with van der Waals surface area (Å²) in [6, 6.07) is 8.88. The summed E-state index contributed by atoms with van der Waals surface area (Å²) in [5.74, 6) is 0.200. The van der Waals surface area contributed by atoms with Gasteiger partial charge in [0.15, 0.2) is 0 Å². The molecule has 1 aromatic rings. The molecule has 4 heteroatoms. The topological polar surface area (TPSA) is 35.6 Å². The molecule has 0 aliphatic carbocycles. The minimum Gasteiger partial charge on any atom is -0.310 e. The summed E-state index contributed by atoms with van der Waals surface area (Å²) in [5.41, 5.74) is 2.50. The van der Waals surface area contributed by atoms with Crippen molar-refractivity contribution in [2.24, 2.45) is 0 Å². The molecule has 2 saturated heterocycles. The highest BCUT2D eigenvalue weighted by Gasteiger charge is 2.29. The average molecular weight is 259 g/mol. The average Bonchev–Trinajstić information content (AvgIpc) is 2.80. The minimum absolute atomic E-state index is 0.200. The summed E-state index contributed by atoms with van der Waals surface area (Å²) in [7, 11) is 1.86. The van der Waals surface area contributed by atoms with Crippen molar-refractivity contribution >= 4 is 11.6 Å². The van der Waals surface area contributed by atoms with E-state index in [2.05, 4.69) is 34.6 Å². The van der Waals surface area contributed by atoms with Crippen LogP contribution in [0.4, 0.5) is 5.69 Å². The molecule has 2 aliphatic heterocycles. The lowest BCUT2D eigenvalue weighted by molar-refractivity contribution is -0.126. The molecule has 19 heavy (non-hydrogen) atoms. The molecular weight excluding hydrogens is 238 g/mol. The minimum atomic E-state index is 0.200. The highest BCUT2D eigenvalue weighted by molar-refractivity contribution is 5.82. The third-order valence-electron chi connectivity index (χ3n) is 4.16. The number of amides is 1. The molecule has 1 aromatic carbocycles. The molecule has 2 heterocycles. The second-order valence-electron chi connectivity index (χ2n) is 5.35. The fourth-order valence-corrected chi connectivity index (χ4v) is 3.06. The summed E-state index contributed by atoms with van der Waals surface area (Å²) >= 11 is 0. The van der Waals surface area contributed by atoms with Crippen molar-refractivity contribution in [3.63, 3.8) is 0 Å². The maximum Gasteiger partial charge on any atom is 0.242 e. The van der Waals surface area contributed by atoms with Crippen molar-refractivity contribution in [2.45, 2.75) is 31.7 Å². The van der Waals surface area contributed by atoms with Gasteiger partial charge in [-0.3, -0.25) is 14.8 Å². The Morgan fingerprint density at radius 1 is 1.26 bits per heavy atom. The molecule has 0 aromatic heterocycles. The Kier molecular flexibility index (Phi) is 3.42. The number of nitrogens with zero attached hydrogens (tertiary/aromatic N) is 2. The zero-order chi connectivity index (χ0) is 13.2. The summed E-state index contributed by atoms with van der Waals surface area (Å²) in [6.07, 6.45) is 4.34. The molecule has 1 atom stereocenters. The largest absolute Gasteiger partial charge is 0.310 e. The van der Waals surface area contributed by atoms with Crippen LogP contribution < -0.4 is 10.3 Å². The zero-order valence-electron chi connectivity index (χ0n) is 11.4. The van der Waals surface area contributed by atoms with Gasteiger partial charge in [0.25, 0.3) is 0 Å². The van der Waals surface area contributed by atoms with Gasteiger partial charge in [-0.15, -0.1) is 0 Å². The third-order valence-corrected chi connectivity index (χ3v) is 4.16. The number of nitrogens with one attached hydrogen (secondary N) is 1. The number of carbonyl (C=O) groups is 1. The van der Waals surface area contributed by atoms with Crippen LogP contribution in [0.15, 0.2) is 24.3 Å². The second kappa shape index (κ2) is 5.21. The van der Waals surface area contributed by atoms with E-state index in [-0.39, 0.29) is 5.91 Å². The Labute approximate surface area is 114 Å². The van der Waals surface area contributed by atoms with E-state index >= 15 is 0 Å². The summed E-state index contributed by atoms with van der Waals surface area (Å²) in [4.78, 5) is 11.7.